The Hall–Kier alpha value is -3.54. The van der Waals surface area contributed by atoms with Crippen molar-refractivity contribution in [3.05, 3.63) is 35.1 Å². The number of rotatable bonds is 3. The molecule has 3 N–H and O–H groups in total. The highest BCUT2D eigenvalue weighted by Crippen LogP contribution is 2.37. The van der Waals surface area contributed by atoms with Crippen LogP contribution in [0.25, 0.3) is 0 Å². The lowest BCUT2D eigenvalue weighted by Crippen LogP contribution is -2.50. The van der Waals surface area contributed by atoms with Crippen LogP contribution in [0.1, 0.15) is 34.6 Å². The second-order valence-electron chi connectivity index (χ2n) is 8.32. The maximum atomic E-state index is 12.4. The van der Waals surface area contributed by atoms with Crippen molar-refractivity contribution in [2.45, 2.75) is 50.2 Å². The second kappa shape index (κ2) is 13.0. The van der Waals surface area contributed by atoms with Crippen LogP contribution in [0, 0.1) is 6.92 Å². The number of aromatic nitrogens is 3. The number of ether oxygens (including phenoxy) is 1. The van der Waals surface area contributed by atoms with Crippen LogP contribution in [0.2, 0.25) is 0 Å². The molecule has 2 aromatic heterocycles. The van der Waals surface area contributed by atoms with E-state index in [4.69, 9.17) is 24.5 Å². The highest BCUT2D eigenvalue weighted by atomic mass is 32.1. The Labute approximate surface area is 220 Å². The highest BCUT2D eigenvalue weighted by molar-refractivity contribution is 7.15. The number of pyridine rings is 1. The summed E-state index contributed by atoms with van der Waals surface area (Å²) in [5, 5.41) is 27.7. The maximum Gasteiger partial charge on any atom is 0.490 e. The number of anilines is 1. The molecule has 0 saturated carbocycles. The van der Waals surface area contributed by atoms with Crippen LogP contribution in [0.3, 0.4) is 0 Å². The fourth-order valence-corrected chi connectivity index (χ4v) is 4.34. The Balaban J connectivity index is 0.000000317. The fourth-order valence-electron chi connectivity index (χ4n) is 3.62. The zero-order valence-electron chi connectivity index (χ0n) is 20.1. The van der Waals surface area contributed by atoms with Gasteiger partial charge in [0, 0.05) is 38.1 Å². The number of carbonyl (C=O) groups is 3. The number of amides is 1. The van der Waals surface area contributed by atoms with Crippen LogP contribution in [-0.2, 0) is 14.3 Å². The molecule has 4 heterocycles. The van der Waals surface area contributed by atoms with Crippen molar-refractivity contribution in [3.8, 4) is 0 Å². The summed E-state index contributed by atoms with van der Waals surface area (Å²) in [6.07, 6.45) is -4.29. The molecule has 2 aromatic rings. The average molecular weight is 587 g/mol. The Morgan fingerprint density at radius 1 is 1.13 bits per heavy atom. The third kappa shape index (κ3) is 9.93. The molecule has 2 atom stereocenters. The van der Waals surface area contributed by atoms with E-state index in [2.05, 4.69) is 25.4 Å². The van der Waals surface area contributed by atoms with Crippen molar-refractivity contribution in [1.82, 2.24) is 20.5 Å². The molecule has 0 radical (unpaired) electrons. The first-order valence-electron chi connectivity index (χ1n) is 11.0. The van der Waals surface area contributed by atoms with E-state index in [1.54, 1.807) is 35.9 Å². The van der Waals surface area contributed by atoms with E-state index in [0.29, 0.717) is 12.2 Å². The molecule has 1 spiro atoms. The quantitative estimate of drug-likeness (QED) is 0.457. The lowest BCUT2D eigenvalue weighted by atomic mass is 9.89. The number of halogens is 6. The number of nitrogens with zero attached hydrogens (tertiary/aromatic N) is 4. The van der Waals surface area contributed by atoms with E-state index in [9.17, 15) is 31.1 Å². The largest absolute Gasteiger partial charge is 0.490 e. The predicted octanol–water partition coefficient (Wildman–Crippen LogP) is 3.07. The fraction of sp³-hybridized carbons (Fsp3) is 0.524. The topological polar surface area (TPSA) is 155 Å². The zero-order valence-corrected chi connectivity index (χ0v) is 20.9. The number of alkyl halides is 6. The molecular formula is C21H23F6N5O6S. The van der Waals surface area contributed by atoms with E-state index in [0.717, 1.165) is 42.5 Å². The monoisotopic (exact) mass is 587 g/mol. The zero-order chi connectivity index (χ0) is 29.4. The molecule has 18 heteroatoms. The number of carboxylic acids is 2. The molecule has 2 fully saturated rings. The summed E-state index contributed by atoms with van der Waals surface area (Å²) in [6, 6.07) is 3.68. The molecule has 216 valence electrons. The number of carboxylic acid groups (broad SMARTS) is 2. The normalized spacial score (nSPS) is 20.8. The van der Waals surface area contributed by atoms with Gasteiger partial charge in [0.1, 0.15) is 5.01 Å². The summed E-state index contributed by atoms with van der Waals surface area (Å²) in [4.78, 5) is 36.4. The van der Waals surface area contributed by atoms with Gasteiger partial charge in [0.2, 0.25) is 5.13 Å². The number of aliphatic carboxylic acids is 2. The second-order valence-corrected chi connectivity index (χ2v) is 9.48. The number of nitrogens with one attached hydrogen (secondary N) is 1. The first kappa shape index (κ1) is 31.7. The molecule has 2 aliphatic heterocycles. The van der Waals surface area contributed by atoms with E-state index in [1.165, 1.54) is 0 Å². The van der Waals surface area contributed by atoms with Gasteiger partial charge in [-0.3, -0.25) is 9.78 Å². The Bertz CT molecular complexity index is 1110. The molecular weight excluding hydrogens is 564 g/mol. The van der Waals surface area contributed by atoms with Crippen LogP contribution >= 0.6 is 11.3 Å². The summed E-state index contributed by atoms with van der Waals surface area (Å²) in [6.45, 7) is 4.36. The first-order valence-corrected chi connectivity index (χ1v) is 11.8. The van der Waals surface area contributed by atoms with Crippen LogP contribution < -0.4 is 10.2 Å². The summed E-state index contributed by atoms with van der Waals surface area (Å²) >= 11 is 1.61. The lowest BCUT2D eigenvalue weighted by molar-refractivity contribution is -0.193. The van der Waals surface area contributed by atoms with Gasteiger partial charge in [-0.25, -0.2) is 9.59 Å². The third-order valence-electron chi connectivity index (χ3n) is 5.34. The standard InChI is InChI=1S/C17H21N5O2S.2C2HF3O2/c1-12-20-21-16(25-12)22-7-5-17(11-22)9-14(4-8-24-17)19-15(23)13-3-2-6-18-10-13;2*3-2(4,5)1(6)7/h2-3,6,10,14H,4-5,7-9,11H2,1H3,(H,19,23);2*(H,6,7)/t14-,17-;;/m1../s1. The van der Waals surface area contributed by atoms with Gasteiger partial charge in [-0.1, -0.05) is 11.3 Å². The van der Waals surface area contributed by atoms with Crippen molar-refractivity contribution in [2.24, 2.45) is 0 Å². The third-order valence-corrected chi connectivity index (χ3v) is 6.24. The number of carbonyl (C=O) groups excluding carboxylic acids is 1. The molecule has 0 aromatic carbocycles. The van der Waals surface area contributed by atoms with Crippen LogP contribution in [0.5, 0.6) is 0 Å². The van der Waals surface area contributed by atoms with E-state index >= 15 is 0 Å². The first-order chi connectivity index (χ1) is 18.0. The van der Waals surface area contributed by atoms with Crippen molar-refractivity contribution < 1.29 is 55.7 Å². The van der Waals surface area contributed by atoms with Gasteiger partial charge in [0.05, 0.1) is 11.2 Å². The summed E-state index contributed by atoms with van der Waals surface area (Å²) in [5.74, 6) is -5.58. The maximum absolute atomic E-state index is 12.4. The number of hydrogen-bond donors (Lipinski definition) is 3. The van der Waals surface area contributed by atoms with Gasteiger partial charge < -0.3 is 25.2 Å². The molecule has 2 aliphatic rings. The van der Waals surface area contributed by atoms with E-state index in [1.807, 2.05) is 6.92 Å². The molecule has 4 rings (SSSR count). The van der Waals surface area contributed by atoms with E-state index < -0.39 is 24.3 Å². The molecule has 0 aliphatic carbocycles. The molecule has 2 saturated heterocycles. The Morgan fingerprint density at radius 3 is 2.23 bits per heavy atom. The highest BCUT2D eigenvalue weighted by Gasteiger charge is 2.44. The average Bonchev–Trinajstić information content (AvgIpc) is 3.45. The van der Waals surface area contributed by atoms with Gasteiger partial charge >= 0.3 is 24.3 Å². The Kier molecular flexibility index (Phi) is 10.6. The van der Waals surface area contributed by atoms with Crippen LogP contribution in [0.4, 0.5) is 31.5 Å². The van der Waals surface area contributed by atoms with Crippen molar-refractivity contribution >= 4 is 34.3 Å². The van der Waals surface area contributed by atoms with Gasteiger partial charge in [-0.05, 0) is 38.3 Å². The molecule has 39 heavy (non-hydrogen) atoms. The van der Waals surface area contributed by atoms with Gasteiger partial charge in [-0.2, -0.15) is 26.3 Å². The van der Waals surface area contributed by atoms with Crippen molar-refractivity contribution in [3.63, 3.8) is 0 Å². The molecule has 0 bridgehead atoms. The summed E-state index contributed by atoms with van der Waals surface area (Å²) in [5.41, 5.74) is 0.394. The van der Waals surface area contributed by atoms with Gasteiger partial charge in [0.25, 0.3) is 5.91 Å². The predicted molar refractivity (Wildman–Crippen MR) is 122 cm³/mol. The van der Waals surface area contributed by atoms with Crippen molar-refractivity contribution in [1.29, 1.82) is 0 Å². The minimum Gasteiger partial charge on any atom is -0.475 e. The minimum absolute atomic E-state index is 0.0650. The summed E-state index contributed by atoms with van der Waals surface area (Å²) in [7, 11) is 0. The van der Waals surface area contributed by atoms with Crippen LogP contribution in [-0.4, -0.2) is 86.9 Å². The van der Waals surface area contributed by atoms with Gasteiger partial charge in [-0.15, -0.1) is 10.2 Å². The SMILES string of the molecule is Cc1nnc(N2CC[C@@]3(C[C@H](NC(=O)c4cccnc4)CCO3)C2)s1.O=C(O)C(F)(F)F.O=C(O)C(F)(F)F. The summed E-state index contributed by atoms with van der Waals surface area (Å²) < 4.78 is 69.6. The van der Waals surface area contributed by atoms with E-state index in [-0.39, 0.29) is 17.6 Å². The molecule has 1 amide bonds. The number of aryl methyl sites for hydroxylation is 1. The molecule has 11 nitrogen and oxygen atoms in total. The molecule has 0 unspecified atom stereocenters. The van der Waals surface area contributed by atoms with Crippen molar-refractivity contribution in [2.75, 3.05) is 24.6 Å². The smallest absolute Gasteiger partial charge is 0.475 e. The minimum atomic E-state index is -5.08. The lowest BCUT2D eigenvalue weighted by Gasteiger charge is -2.38. The number of hydrogen-bond acceptors (Lipinski definition) is 9. The van der Waals surface area contributed by atoms with Gasteiger partial charge in [0.15, 0.2) is 0 Å². The Morgan fingerprint density at radius 2 is 1.74 bits per heavy atom. The van der Waals surface area contributed by atoms with Crippen LogP contribution in [0.15, 0.2) is 24.5 Å².